The number of Topliss-reactive ketones (excluding diaryl/α,β-unsaturated/α-hetero) is 1. The summed E-state index contributed by atoms with van der Waals surface area (Å²) in [5, 5.41) is 0. The van der Waals surface area contributed by atoms with Gasteiger partial charge < -0.3 is 14.0 Å². The Kier molecular flexibility index (Phi) is 7.68. The lowest BCUT2D eigenvalue weighted by molar-refractivity contribution is -0.167. The van der Waals surface area contributed by atoms with E-state index in [0.717, 1.165) is 16.7 Å². The van der Waals surface area contributed by atoms with Crippen LogP contribution in [0.2, 0.25) is 0 Å². The van der Waals surface area contributed by atoms with E-state index in [1.165, 1.54) is 0 Å². The van der Waals surface area contributed by atoms with Crippen molar-refractivity contribution in [2.24, 2.45) is 0 Å². The van der Waals surface area contributed by atoms with E-state index in [1.807, 2.05) is 74.6 Å². The summed E-state index contributed by atoms with van der Waals surface area (Å²) in [4.78, 5) is 17.8. The molecule has 0 N–H and O–H groups in total. The van der Waals surface area contributed by atoms with Gasteiger partial charge in [-0.3, -0.25) is 4.79 Å². The van der Waals surface area contributed by atoms with Gasteiger partial charge in [-0.05, 0) is 30.5 Å². The zero-order valence-electron chi connectivity index (χ0n) is 19.6. The van der Waals surface area contributed by atoms with Crippen LogP contribution in [-0.2, 0) is 26.2 Å². The summed E-state index contributed by atoms with van der Waals surface area (Å²) in [6.07, 6.45) is 2.89. The molecule has 5 nitrogen and oxygen atoms in total. The lowest BCUT2D eigenvalue weighted by atomic mass is 9.76. The van der Waals surface area contributed by atoms with Crippen molar-refractivity contribution in [1.29, 1.82) is 0 Å². The van der Waals surface area contributed by atoms with Crippen molar-refractivity contribution < 1.29 is 14.3 Å². The quantitative estimate of drug-likeness (QED) is 0.230. The molecule has 1 aromatic heterocycles. The predicted molar refractivity (Wildman–Crippen MR) is 133 cm³/mol. The molecule has 0 saturated heterocycles. The zero-order chi connectivity index (χ0) is 23.8. The van der Waals surface area contributed by atoms with Crippen molar-refractivity contribution in [2.45, 2.75) is 32.1 Å². The number of nitrogens with zero attached hydrogens (tertiary/aromatic N) is 2. The van der Waals surface area contributed by atoms with E-state index in [0.29, 0.717) is 19.0 Å². The van der Waals surface area contributed by atoms with Crippen molar-refractivity contribution in [3.63, 3.8) is 0 Å². The van der Waals surface area contributed by atoms with E-state index in [9.17, 15) is 4.79 Å². The van der Waals surface area contributed by atoms with E-state index in [-0.39, 0.29) is 12.2 Å². The molecule has 5 heteroatoms. The van der Waals surface area contributed by atoms with E-state index < -0.39 is 11.8 Å². The van der Waals surface area contributed by atoms with Gasteiger partial charge in [0.05, 0.1) is 6.42 Å². The Bertz CT molecular complexity index is 1070. The highest BCUT2D eigenvalue weighted by molar-refractivity contribution is 5.83. The first-order valence-electron chi connectivity index (χ1n) is 11.7. The third kappa shape index (κ3) is 4.58. The van der Waals surface area contributed by atoms with Gasteiger partial charge in [-0.2, -0.15) is 0 Å². The van der Waals surface area contributed by atoms with Crippen LogP contribution in [-0.4, -0.2) is 34.8 Å². The van der Waals surface area contributed by atoms with Crippen molar-refractivity contribution in [1.82, 2.24) is 9.55 Å². The van der Waals surface area contributed by atoms with E-state index >= 15 is 0 Å². The smallest absolute Gasteiger partial charge is 0.218 e. The predicted octanol–water partition coefficient (Wildman–Crippen LogP) is 5.23. The lowest BCUT2D eigenvalue weighted by Gasteiger charge is -2.38. The van der Waals surface area contributed by atoms with Crippen molar-refractivity contribution >= 4 is 5.78 Å². The van der Waals surface area contributed by atoms with Crippen molar-refractivity contribution in [2.75, 3.05) is 13.2 Å². The largest absolute Gasteiger partial charge is 0.346 e. The van der Waals surface area contributed by atoms with Crippen LogP contribution in [0.15, 0.2) is 103 Å². The molecule has 0 amide bonds. The van der Waals surface area contributed by atoms with Gasteiger partial charge in [0.25, 0.3) is 0 Å². The molecule has 4 aromatic rings. The summed E-state index contributed by atoms with van der Waals surface area (Å²) in [5.41, 5.74) is 2.50. The van der Waals surface area contributed by atoms with Crippen molar-refractivity contribution in [3.8, 4) is 0 Å². The maximum Gasteiger partial charge on any atom is 0.218 e. The average Bonchev–Trinajstić information content (AvgIpc) is 3.34. The summed E-state index contributed by atoms with van der Waals surface area (Å²) in [5.74, 6) is 0.491. The van der Waals surface area contributed by atoms with Crippen LogP contribution in [0, 0.1) is 0 Å². The molecule has 0 spiro atoms. The Hall–Kier alpha value is -3.54. The van der Waals surface area contributed by atoms with Gasteiger partial charge in [-0.25, -0.2) is 4.98 Å². The minimum Gasteiger partial charge on any atom is -0.346 e. The number of carbonyl (C=O) groups excluding carboxylic acids is 1. The van der Waals surface area contributed by atoms with Crippen molar-refractivity contribution in [3.05, 3.63) is 126 Å². The number of hydrogen-bond donors (Lipinski definition) is 0. The van der Waals surface area contributed by atoms with Crippen LogP contribution in [0.25, 0.3) is 0 Å². The molecular weight excluding hydrogens is 424 g/mol. The standard InChI is InChI=1S/C29H30N2O3/c1-3-33-28(34-4-2)26(32)22-27-30-20-21-31(27)29(23-14-8-5-9-15-23,24-16-10-6-11-17-24)25-18-12-7-13-19-25/h5-21,28H,3-4,22H2,1-2H3. The number of carbonyl (C=O) groups is 1. The van der Waals surface area contributed by atoms with Crippen LogP contribution in [0.1, 0.15) is 36.4 Å². The Morgan fingerprint density at radius 1 is 0.794 bits per heavy atom. The maximum atomic E-state index is 13.2. The highest BCUT2D eigenvalue weighted by Crippen LogP contribution is 2.41. The second-order valence-electron chi connectivity index (χ2n) is 7.91. The summed E-state index contributed by atoms with van der Waals surface area (Å²) in [7, 11) is 0. The minimum absolute atomic E-state index is 0.0892. The number of ketones is 1. The minimum atomic E-state index is -0.903. The summed E-state index contributed by atoms with van der Waals surface area (Å²) < 4.78 is 13.2. The number of imidazole rings is 1. The summed E-state index contributed by atoms with van der Waals surface area (Å²) in [6, 6.07) is 31.0. The van der Waals surface area contributed by atoms with E-state index in [2.05, 4.69) is 45.9 Å². The molecule has 0 saturated carbocycles. The van der Waals surface area contributed by atoms with Gasteiger partial charge in [0.1, 0.15) is 11.4 Å². The summed E-state index contributed by atoms with van der Waals surface area (Å²) >= 11 is 0. The first kappa shape index (κ1) is 23.6. The van der Waals surface area contributed by atoms with E-state index in [4.69, 9.17) is 9.47 Å². The second-order valence-corrected chi connectivity index (χ2v) is 7.91. The molecule has 3 aromatic carbocycles. The van der Waals surface area contributed by atoms with Crippen LogP contribution < -0.4 is 0 Å². The average molecular weight is 455 g/mol. The fraction of sp³-hybridized carbons (Fsp3) is 0.241. The molecule has 0 bridgehead atoms. The third-order valence-electron chi connectivity index (χ3n) is 5.88. The molecule has 174 valence electrons. The van der Waals surface area contributed by atoms with Gasteiger partial charge in [-0.1, -0.05) is 91.0 Å². The molecular formula is C29H30N2O3. The van der Waals surface area contributed by atoms with Crippen LogP contribution in [0.3, 0.4) is 0 Å². The third-order valence-corrected chi connectivity index (χ3v) is 5.88. The number of hydrogen-bond acceptors (Lipinski definition) is 4. The Morgan fingerprint density at radius 2 is 1.24 bits per heavy atom. The lowest BCUT2D eigenvalue weighted by Crippen LogP contribution is -2.39. The molecule has 0 atom stereocenters. The molecule has 4 rings (SSSR count). The van der Waals surface area contributed by atoms with Gasteiger partial charge >= 0.3 is 0 Å². The maximum absolute atomic E-state index is 13.2. The number of benzene rings is 3. The molecule has 0 aliphatic heterocycles. The topological polar surface area (TPSA) is 53.4 Å². The van der Waals surface area contributed by atoms with Gasteiger partial charge in [0.2, 0.25) is 6.29 Å². The summed E-state index contributed by atoms with van der Waals surface area (Å²) in [6.45, 7) is 4.50. The molecule has 1 heterocycles. The normalized spacial score (nSPS) is 11.6. The second kappa shape index (κ2) is 11.1. The van der Waals surface area contributed by atoms with Gasteiger partial charge in [-0.15, -0.1) is 0 Å². The Morgan fingerprint density at radius 3 is 1.65 bits per heavy atom. The molecule has 0 aliphatic rings. The number of rotatable bonds is 11. The Balaban J connectivity index is 1.92. The SMILES string of the molecule is CCOC(OCC)C(=O)Cc1nccn1C(c1ccccc1)(c1ccccc1)c1ccccc1. The molecule has 0 radical (unpaired) electrons. The fourth-order valence-electron chi connectivity index (χ4n) is 4.50. The molecule has 0 fully saturated rings. The molecule has 0 aliphatic carbocycles. The molecule has 34 heavy (non-hydrogen) atoms. The van der Waals surface area contributed by atoms with Crippen LogP contribution >= 0.6 is 0 Å². The number of ether oxygens (including phenoxy) is 2. The first-order valence-corrected chi connectivity index (χ1v) is 11.7. The van der Waals surface area contributed by atoms with Crippen LogP contribution in [0.4, 0.5) is 0 Å². The highest BCUT2D eigenvalue weighted by Gasteiger charge is 2.40. The van der Waals surface area contributed by atoms with Gasteiger partial charge in [0.15, 0.2) is 5.78 Å². The van der Waals surface area contributed by atoms with Crippen LogP contribution in [0.5, 0.6) is 0 Å². The Labute approximate surface area is 201 Å². The first-order chi connectivity index (χ1) is 16.7. The highest BCUT2D eigenvalue weighted by atomic mass is 16.7. The number of aromatic nitrogens is 2. The molecule has 0 unspecified atom stereocenters. The fourth-order valence-corrected chi connectivity index (χ4v) is 4.50. The monoisotopic (exact) mass is 454 g/mol. The van der Waals surface area contributed by atoms with Gasteiger partial charge in [0, 0.05) is 25.6 Å². The zero-order valence-corrected chi connectivity index (χ0v) is 19.6. The van der Waals surface area contributed by atoms with E-state index in [1.54, 1.807) is 6.20 Å².